The monoisotopic (exact) mass is 414 g/mol. The standard InChI is InChI=1S/C22H30N4O2S/c1-16(2)26(5)29(27,28)24-15-20(17-10-12-18(13-11-17)25(3)4)21-14-23-22-9-7-6-8-19(21)22/h6-14,16,20,23-24H,15H2,1-5H3. The van der Waals surface area contributed by atoms with Gasteiger partial charge in [0.2, 0.25) is 0 Å². The molecule has 0 saturated heterocycles. The minimum atomic E-state index is -3.56. The van der Waals surface area contributed by atoms with Gasteiger partial charge in [0.1, 0.15) is 0 Å². The van der Waals surface area contributed by atoms with Gasteiger partial charge in [0.05, 0.1) is 0 Å². The Morgan fingerprint density at radius 2 is 1.66 bits per heavy atom. The summed E-state index contributed by atoms with van der Waals surface area (Å²) in [7, 11) is 2.04. The van der Waals surface area contributed by atoms with Crippen molar-refractivity contribution >= 4 is 26.8 Å². The van der Waals surface area contributed by atoms with Gasteiger partial charge < -0.3 is 9.88 Å². The number of aromatic nitrogens is 1. The highest BCUT2D eigenvalue weighted by atomic mass is 32.2. The Morgan fingerprint density at radius 1 is 1.00 bits per heavy atom. The van der Waals surface area contributed by atoms with Crippen molar-refractivity contribution < 1.29 is 8.42 Å². The third-order valence-electron chi connectivity index (χ3n) is 5.38. The van der Waals surface area contributed by atoms with E-state index in [1.807, 2.05) is 57.2 Å². The van der Waals surface area contributed by atoms with Crippen LogP contribution in [0.25, 0.3) is 10.9 Å². The molecule has 0 amide bonds. The number of H-pyrrole nitrogens is 1. The Kier molecular flexibility index (Phi) is 6.31. The summed E-state index contributed by atoms with van der Waals surface area (Å²) in [6.07, 6.45) is 1.98. The van der Waals surface area contributed by atoms with Gasteiger partial charge in [-0.1, -0.05) is 30.3 Å². The predicted molar refractivity (Wildman–Crippen MR) is 121 cm³/mol. The smallest absolute Gasteiger partial charge is 0.279 e. The molecule has 1 unspecified atom stereocenters. The molecule has 2 aromatic carbocycles. The van der Waals surface area contributed by atoms with E-state index in [2.05, 4.69) is 40.0 Å². The molecule has 2 N–H and O–H groups in total. The zero-order valence-corrected chi connectivity index (χ0v) is 18.5. The molecule has 0 bridgehead atoms. The second-order valence-electron chi connectivity index (χ2n) is 7.79. The van der Waals surface area contributed by atoms with Crippen molar-refractivity contribution in [3.63, 3.8) is 0 Å². The number of fused-ring (bicyclic) bond motifs is 1. The van der Waals surface area contributed by atoms with Crippen LogP contribution in [-0.2, 0) is 10.2 Å². The fourth-order valence-electron chi connectivity index (χ4n) is 3.36. The molecule has 3 aromatic rings. The van der Waals surface area contributed by atoms with Crippen molar-refractivity contribution in [2.45, 2.75) is 25.8 Å². The Balaban J connectivity index is 1.98. The van der Waals surface area contributed by atoms with Crippen molar-refractivity contribution in [3.05, 3.63) is 65.9 Å². The maximum atomic E-state index is 12.7. The minimum absolute atomic E-state index is 0.113. The fraction of sp³-hybridized carbons (Fsp3) is 0.364. The van der Waals surface area contributed by atoms with E-state index in [1.165, 1.54) is 4.31 Å². The van der Waals surface area contributed by atoms with E-state index < -0.39 is 10.2 Å². The van der Waals surface area contributed by atoms with Crippen LogP contribution in [0.1, 0.15) is 30.9 Å². The molecule has 1 atom stereocenters. The highest BCUT2D eigenvalue weighted by Gasteiger charge is 2.24. The first-order chi connectivity index (χ1) is 13.7. The summed E-state index contributed by atoms with van der Waals surface area (Å²) in [5, 5.41) is 1.10. The summed E-state index contributed by atoms with van der Waals surface area (Å²) in [6, 6.07) is 16.2. The zero-order chi connectivity index (χ0) is 21.2. The van der Waals surface area contributed by atoms with E-state index in [0.29, 0.717) is 0 Å². The van der Waals surface area contributed by atoms with Gasteiger partial charge in [-0.3, -0.25) is 0 Å². The summed E-state index contributed by atoms with van der Waals surface area (Å²) in [4.78, 5) is 5.36. The van der Waals surface area contributed by atoms with E-state index in [4.69, 9.17) is 0 Å². The largest absolute Gasteiger partial charge is 0.378 e. The maximum absolute atomic E-state index is 12.7. The molecule has 1 aromatic heterocycles. The third-order valence-corrected chi connectivity index (χ3v) is 7.10. The molecule has 0 aliphatic rings. The van der Waals surface area contributed by atoms with Gasteiger partial charge >= 0.3 is 0 Å². The van der Waals surface area contributed by atoms with E-state index >= 15 is 0 Å². The fourth-order valence-corrected chi connectivity index (χ4v) is 4.50. The number of anilines is 1. The van der Waals surface area contributed by atoms with Crippen LogP contribution in [0, 0.1) is 0 Å². The van der Waals surface area contributed by atoms with E-state index in [9.17, 15) is 8.42 Å². The minimum Gasteiger partial charge on any atom is -0.378 e. The predicted octanol–water partition coefficient (Wildman–Crippen LogP) is 3.54. The van der Waals surface area contributed by atoms with Crippen molar-refractivity contribution in [3.8, 4) is 0 Å². The van der Waals surface area contributed by atoms with Gasteiger partial charge in [0.15, 0.2) is 0 Å². The molecular formula is C22H30N4O2S. The Labute approximate surface area is 173 Å². The van der Waals surface area contributed by atoms with Gasteiger partial charge in [0, 0.05) is 62.4 Å². The highest BCUT2D eigenvalue weighted by molar-refractivity contribution is 7.87. The van der Waals surface area contributed by atoms with E-state index in [0.717, 1.165) is 27.7 Å². The lowest BCUT2D eigenvalue weighted by atomic mass is 9.91. The Bertz CT molecular complexity index is 1060. The average Bonchev–Trinajstić information content (AvgIpc) is 3.12. The van der Waals surface area contributed by atoms with E-state index in [1.54, 1.807) is 7.05 Å². The Morgan fingerprint density at radius 3 is 2.28 bits per heavy atom. The number of nitrogens with zero attached hydrogens (tertiary/aromatic N) is 2. The van der Waals surface area contributed by atoms with Gasteiger partial charge in [-0.15, -0.1) is 0 Å². The summed E-state index contributed by atoms with van der Waals surface area (Å²) in [5.41, 5.74) is 4.29. The van der Waals surface area contributed by atoms with Crippen LogP contribution in [-0.4, -0.2) is 51.4 Å². The molecule has 7 heteroatoms. The Hall–Kier alpha value is -2.35. The number of rotatable bonds is 8. The van der Waals surface area contributed by atoms with Gasteiger partial charge in [0.25, 0.3) is 10.2 Å². The van der Waals surface area contributed by atoms with Crippen molar-refractivity contribution in [2.75, 3.05) is 32.6 Å². The molecule has 0 radical (unpaired) electrons. The molecule has 0 aliphatic carbocycles. The second-order valence-corrected chi connectivity index (χ2v) is 9.61. The molecule has 156 valence electrons. The van der Waals surface area contributed by atoms with E-state index in [-0.39, 0.29) is 18.5 Å². The SMILES string of the molecule is CC(C)N(C)S(=O)(=O)NCC(c1ccc(N(C)C)cc1)c1c[nH]c2ccccc12. The summed E-state index contributed by atoms with van der Waals surface area (Å²) in [6.45, 7) is 4.00. The normalized spacial score (nSPS) is 13.3. The lowest BCUT2D eigenvalue weighted by Crippen LogP contribution is -2.43. The summed E-state index contributed by atoms with van der Waals surface area (Å²) < 4.78 is 29.5. The summed E-state index contributed by atoms with van der Waals surface area (Å²) >= 11 is 0. The molecule has 6 nitrogen and oxygen atoms in total. The van der Waals surface area contributed by atoms with Crippen LogP contribution in [0.2, 0.25) is 0 Å². The molecule has 0 fully saturated rings. The second kappa shape index (κ2) is 8.57. The number of hydrogen-bond donors (Lipinski definition) is 2. The topological polar surface area (TPSA) is 68.4 Å². The van der Waals surface area contributed by atoms with Crippen LogP contribution in [0.5, 0.6) is 0 Å². The van der Waals surface area contributed by atoms with Crippen LogP contribution in [0.3, 0.4) is 0 Å². The van der Waals surface area contributed by atoms with Gasteiger partial charge in [-0.2, -0.15) is 12.7 Å². The number of hydrogen-bond acceptors (Lipinski definition) is 3. The maximum Gasteiger partial charge on any atom is 0.279 e. The number of para-hydroxylation sites is 1. The molecule has 29 heavy (non-hydrogen) atoms. The highest BCUT2D eigenvalue weighted by Crippen LogP contribution is 2.31. The molecule has 3 rings (SSSR count). The number of aromatic amines is 1. The number of benzene rings is 2. The van der Waals surface area contributed by atoms with Crippen molar-refractivity contribution in [2.24, 2.45) is 0 Å². The van der Waals surface area contributed by atoms with Crippen LogP contribution >= 0.6 is 0 Å². The molecule has 0 saturated carbocycles. The molecule has 0 aliphatic heterocycles. The quantitative estimate of drug-likeness (QED) is 0.592. The summed E-state index contributed by atoms with van der Waals surface area (Å²) in [5.74, 6) is -0.113. The first kappa shape index (κ1) is 21.4. The van der Waals surface area contributed by atoms with Gasteiger partial charge in [-0.25, -0.2) is 4.72 Å². The molecular weight excluding hydrogens is 384 g/mol. The van der Waals surface area contributed by atoms with Crippen LogP contribution < -0.4 is 9.62 Å². The zero-order valence-electron chi connectivity index (χ0n) is 17.7. The molecule has 0 spiro atoms. The lowest BCUT2D eigenvalue weighted by Gasteiger charge is -2.24. The molecule has 1 heterocycles. The lowest BCUT2D eigenvalue weighted by molar-refractivity contribution is 0.402. The van der Waals surface area contributed by atoms with Crippen molar-refractivity contribution in [1.29, 1.82) is 0 Å². The van der Waals surface area contributed by atoms with Crippen LogP contribution in [0.4, 0.5) is 5.69 Å². The number of nitrogens with one attached hydrogen (secondary N) is 2. The van der Waals surface area contributed by atoms with Crippen molar-refractivity contribution in [1.82, 2.24) is 14.0 Å². The first-order valence-corrected chi connectivity index (χ1v) is 11.2. The van der Waals surface area contributed by atoms with Crippen LogP contribution in [0.15, 0.2) is 54.7 Å². The third kappa shape index (κ3) is 4.63. The van der Waals surface area contributed by atoms with Gasteiger partial charge in [-0.05, 0) is 43.2 Å². The first-order valence-electron chi connectivity index (χ1n) is 9.76. The average molecular weight is 415 g/mol.